The van der Waals surface area contributed by atoms with Crippen LogP contribution in [0.15, 0.2) is 30.3 Å². The summed E-state index contributed by atoms with van der Waals surface area (Å²) >= 11 is 0. The summed E-state index contributed by atoms with van der Waals surface area (Å²) in [5, 5.41) is 11.4. The fourth-order valence-corrected chi connectivity index (χ4v) is 1.76. The molecule has 10 heteroatoms. The van der Waals surface area contributed by atoms with Crippen LogP contribution in [0.3, 0.4) is 0 Å². The van der Waals surface area contributed by atoms with Crippen molar-refractivity contribution in [2.45, 2.75) is 24.3 Å². The van der Waals surface area contributed by atoms with Gasteiger partial charge in [0.1, 0.15) is 0 Å². The number of carboxylic acids is 1. The Labute approximate surface area is 119 Å². The van der Waals surface area contributed by atoms with E-state index in [0.717, 1.165) is 29.6 Å². The second-order valence-corrected chi connectivity index (χ2v) is 4.27. The van der Waals surface area contributed by atoms with E-state index in [4.69, 9.17) is 0 Å². The maximum Gasteiger partial charge on any atom is 0.471 e. The molecule has 0 fully saturated rings. The Kier molecular flexibility index (Phi) is 4.73. The Morgan fingerprint density at radius 3 is 1.86 bits per heavy atom. The number of carbonyl (C=O) groups is 2. The van der Waals surface area contributed by atoms with Crippen LogP contribution >= 0.6 is 0 Å². The summed E-state index contributed by atoms with van der Waals surface area (Å²) in [5.74, 6) is -5.18. The Balaban J connectivity index is 3.47. The molecule has 1 N–H and O–H groups in total. The monoisotopic (exact) mass is 328 g/mol. The molecule has 0 saturated carbocycles. The molecule has 1 atom stereocenters. The molecule has 0 bridgehead atoms. The first-order chi connectivity index (χ1) is 9.90. The van der Waals surface area contributed by atoms with Gasteiger partial charge >= 0.3 is 18.3 Å². The maximum atomic E-state index is 13.3. The summed E-state index contributed by atoms with van der Waals surface area (Å²) in [5.41, 5.74) is -4.61. The molecule has 1 aromatic rings. The molecule has 22 heavy (non-hydrogen) atoms. The fraction of sp³-hybridized carbons (Fsp3) is 0.333. The van der Waals surface area contributed by atoms with Gasteiger partial charge < -0.3 is 15.2 Å². The van der Waals surface area contributed by atoms with Crippen LogP contribution in [0.4, 0.5) is 26.3 Å². The molecule has 4 nitrogen and oxygen atoms in total. The van der Waals surface area contributed by atoms with Gasteiger partial charge in [-0.3, -0.25) is 4.79 Å². The normalized spacial score (nSPS) is 15.0. The van der Waals surface area contributed by atoms with E-state index in [-0.39, 0.29) is 0 Å². The van der Waals surface area contributed by atoms with E-state index in [0.29, 0.717) is 0 Å². The quantitative estimate of drug-likeness (QED) is 0.846. The van der Waals surface area contributed by atoms with Crippen molar-refractivity contribution in [1.29, 1.82) is 0 Å². The van der Waals surface area contributed by atoms with Crippen molar-refractivity contribution < 1.29 is 41.0 Å². The van der Waals surface area contributed by atoms with Crippen molar-refractivity contribution in [2.24, 2.45) is 0 Å². The van der Waals surface area contributed by atoms with Gasteiger partial charge in [0.2, 0.25) is 0 Å². The predicted octanol–water partition coefficient (Wildman–Crippen LogP) is 1.26. The van der Waals surface area contributed by atoms with Crippen LogP contribution in [-0.2, 0) is 15.1 Å². The van der Waals surface area contributed by atoms with Gasteiger partial charge in [-0.05, 0) is 5.56 Å². The number of benzene rings is 1. The minimum absolute atomic E-state index is 0.748. The Hall–Kier alpha value is -2.26. The number of hydrogen-bond donors (Lipinski definition) is 1. The van der Waals surface area contributed by atoms with Crippen LogP contribution in [0.1, 0.15) is 12.0 Å². The number of alkyl halides is 6. The summed E-state index contributed by atoms with van der Waals surface area (Å²) < 4.78 is 76.7. The molecule has 0 aliphatic carbocycles. The molecule has 122 valence electrons. The van der Waals surface area contributed by atoms with Crippen LogP contribution in [0.25, 0.3) is 0 Å². The smallest absolute Gasteiger partial charge is 0.471 e. The standard InChI is InChI=1S/C12H9F6NO3/c13-11(14,15)9(22)19-10(6-8(20)21,12(16,17)18)7-4-2-1-3-5-7/h1-5H,6H2,(H,19,22)(H,20,21)/p-1/t10-/m1/s1. The molecule has 0 spiro atoms. The number of carbonyl (C=O) groups excluding carboxylic acids is 2. The molecule has 0 aliphatic rings. The largest absolute Gasteiger partial charge is 0.550 e. The van der Waals surface area contributed by atoms with E-state index >= 15 is 0 Å². The molecular weight excluding hydrogens is 320 g/mol. The molecular formula is C12H8F6NO3-. The van der Waals surface area contributed by atoms with Crippen LogP contribution in [0.5, 0.6) is 0 Å². The molecule has 0 radical (unpaired) electrons. The van der Waals surface area contributed by atoms with E-state index in [1.54, 1.807) is 0 Å². The topological polar surface area (TPSA) is 69.2 Å². The SMILES string of the molecule is O=C([O-])C[C@@](NC(=O)C(F)(F)F)(c1ccccc1)C(F)(F)F. The summed E-state index contributed by atoms with van der Waals surface area (Å²) in [4.78, 5) is 21.6. The van der Waals surface area contributed by atoms with E-state index in [1.807, 2.05) is 0 Å². The van der Waals surface area contributed by atoms with Gasteiger partial charge in [-0.2, -0.15) is 26.3 Å². The Bertz CT molecular complexity index is 554. The van der Waals surface area contributed by atoms with Crippen LogP contribution in [-0.4, -0.2) is 24.2 Å². The molecule has 0 heterocycles. The molecule has 1 rings (SSSR count). The van der Waals surface area contributed by atoms with E-state index in [9.17, 15) is 41.0 Å². The zero-order chi connectivity index (χ0) is 17.2. The predicted molar refractivity (Wildman–Crippen MR) is 58.0 cm³/mol. The van der Waals surface area contributed by atoms with Gasteiger partial charge in [0.25, 0.3) is 0 Å². The van der Waals surface area contributed by atoms with Crippen molar-refractivity contribution in [3.05, 3.63) is 35.9 Å². The average molecular weight is 328 g/mol. The average Bonchev–Trinajstić information content (AvgIpc) is 2.35. The zero-order valence-corrected chi connectivity index (χ0v) is 10.6. The molecule has 0 saturated heterocycles. The van der Waals surface area contributed by atoms with Crippen LogP contribution in [0, 0.1) is 0 Å². The third kappa shape index (κ3) is 3.68. The van der Waals surface area contributed by atoms with E-state index in [1.165, 1.54) is 6.07 Å². The van der Waals surface area contributed by atoms with Gasteiger partial charge in [-0.1, -0.05) is 30.3 Å². The number of hydrogen-bond acceptors (Lipinski definition) is 3. The molecule has 0 aliphatic heterocycles. The lowest BCUT2D eigenvalue weighted by Gasteiger charge is -2.37. The minimum atomic E-state index is -5.61. The number of carboxylic acid groups (broad SMARTS) is 1. The lowest BCUT2D eigenvalue weighted by atomic mass is 9.85. The highest BCUT2D eigenvalue weighted by Gasteiger charge is 2.59. The van der Waals surface area contributed by atoms with Gasteiger partial charge in [-0.15, -0.1) is 0 Å². The van der Waals surface area contributed by atoms with Crippen molar-refractivity contribution in [3.8, 4) is 0 Å². The maximum absolute atomic E-state index is 13.3. The summed E-state index contributed by atoms with van der Waals surface area (Å²) in [6, 6.07) is 4.91. The van der Waals surface area contributed by atoms with Crippen molar-refractivity contribution >= 4 is 11.9 Å². The van der Waals surface area contributed by atoms with Crippen molar-refractivity contribution in [3.63, 3.8) is 0 Å². The summed E-state index contributed by atoms with van der Waals surface area (Å²) in [7, 11) is 0. The van der Waals surface area contributed by atoms with E-state index in [2.05, 4.69) is 0 Å². The van der Waals surface area contributed by atoms with Crippen LogP contribution < -0.4 is 10.4 Å². The zero-order valence-electron chi connectivity index (χ0n) is 10.6. The number of amides is 1. The Morgan fingerprint density at radius 1 is 1.00 bits per heavy atom. The number of rotatable bonds is 4. The molecule has 1 aromatic carbocycles. The van der Waals surface area contributed by atoms with Crippen molar-refractivity contribution in [1.82, 2.24) is 5.32 Å². The second kappa shape index (κ2) is 5.85. The third-order valence-corrected chi connectivity index (χ3v) is 2.74. The minimum Gasteiger partial charge on any atom is -0.550 e. The highest BCUT2D eigenvalue weighted by Crippen LogP contribution is 2.42. The highest BCUT2D eigenvalue weighted by atomic mass is 19.4. The summed E-state index contributed by atoms with van der Waals surface area (Å²) in [6.07, 6.45) is -13.0. The van der Waals surface area contributed by atoms with Crippen LogP contribution in [0.2, 0.25) is 0 Å². The summed E-state index contributed by atoms with van der Waals surface area (Å²) in [6.45, 7) is 0. The number of nitrogens with one attached hydrogen (secondary N) is 1. The van der Waals surface area contributed by atoms with Gasteiger partial charge in [0.15, 0.2) is 5.54 Å². The van der Waals surface area contributed by atoms with Gasteiger partial charge in [-0.25, -0.2) is 0 Å². The number of halogens is 6. The first-order valence-corrected chi connectivity index (χ1v) is 5.61. The van der Waals surface area contributed by atoms with Crippen molar-refractivity contribution in [2.75, 3.05) is 0 Å². The second-order valence-electron chi connectivity index (χ2n) is 4.27. The first-order valence-electron chi connectivity index (χ1n) is 5.61. The number of aliphatic carboxylic acids is 1. The van der Waals surface area contributed by atoms with Gasteiger partial charge in [0, 0.05) is 12.4 Å². The fourth-order valence-electron chi connectivity index (χ4n) is 1.76. The lowest BCUT2D eigenvalue weighted by Crippen LogP contribution is -2.60. The van der Waals surface area contributed by atoms with Gasteiger partial charge in [0.05, 0.1) is 0 Å². The first kappa shape index (κ1) is 17.8. The van der Waals surface area contributed by atoms with E-state index < -0.39 is 41.8 Å². The molecule has 0 aromatic heterocycles. The Morgan fingerprint density at radius 2 is 1.50 bits per heavy atom. The molecule has 1 amide bonds. The molecule has 0 unspecified atom stereocenters. The lowest BCUT2D eigenvalue weighted by molar-refractivity contribution is -0.313. The highest BCUT2D eigenvalue weighted by molar-refractivity contribution is 5.83. The third-order valence-electron chi connectivity index (χ3n) is 2.74.